The predicted octanol–water partition coefficient (Wildman–Crippen LogP) is 4.54. The van der Waals surface area contributed by atoms with Crippen LogP contribution in [0.5, 0.6) is 11.5 Å². The third kappa shape index (κ3) is 6.29. The normalized spacial score (nSPS) is 17.2. The van der Waals surface area contributed by atoms with Gasteiger partial charge in [-0.3, -0.25) is 14.8 Å². The molecular formula is C25H29N2O7PS. The van der Waals surface area contributed by atoms with E-state index in [4.69, 9.17) is 14.2 Å². The number of nitriles is 1. The summed E-state index contributed by atoms with van der Waals surface area (Å²) in [6, 6.07) is 15.5. The summed E-state index contributed by atoms with van der Waals surface area (Å²) in [6.07, 6.45) is -2.40. The number of carbonyl (C=O) groups excluding carboxylic acids is 2. The average Bonchev–Trinajstić information content (AvgIpc) is 2.91. The highest BCUT2D eigenvalue weighted by Gasteiger charge is 2.52. The Kier molecular flexibility index (Phi) is 9.57. The van der Waals surface area contributed by atoms with Crippen molar-refractivity contribution in [2.45, 2.75) is 29.3 Å². The van der Waals surface area contributed by atoms with Gasteiger partial charge >= 0.3 is 0 Å². The van der Waals surface area contributed by atoms with Gasteiger partial charge in [0.25, 0.3) is 5.91 Å². The van der Waals surface area contributed by atoms with E-state index in [1.807, 2.05) is 6.07 Å². The molecule has 0 spiro atoms. The first-order valence-electron chi connectivity index (χ1n) is 11.4. The van der Waals surface area contributed by atoms with E-state index in [2.05, 4.69) is 0 Å². The molecule has 0 aliphatic carbocycles. The molecule has 2 aromatic carbocycles. The van der Waals surface area contributed by atoms with E-state index in [-0.39, 0.29) is 31.7 Å². The van der Waals surface area contributed by atoms with Crippen molar-refractivity contribution in [3.63, 3.8) is 0 Å². The van der Waals surface area contributed by atoms with E-state index in [0.29, 0.717) is 35.2 Å². The van der Waals surface area contributed by atoms with Gasteiger partial charge in [-0.25, -0.2) is 5.48 Å². The molecule has 2 aromatic rings. The van der Waals surface area contributed by atoms with Gasteiger partial charge in [-0.1, -0.05) is 11.4 Å². The van der Waals surface area contributed by atoms with Crippen LogP contribution in [0.2, 0.25) is 0 Å². The minimum absolute atomic E-state index is 0.165. The summed E-state index contributed by atoms with van der Waals surface area (Å²) in [5, 5.41) is 17.5. The van der Waals surface area contributed by atoms with Crippen LogP contribution >= 0.6 is 17.7 Å². The number of nitrogens with zero attached hydrogens (tertiary/aromatic N) is 1. The van der Waals surface area contributed by atoms with Gasteiger partial charge < -0.3 is 18.8 Å². The monoisotopic (exact) mass is 532 g/mol. The van der Waals surface area contributed by atoms with Crippen molar-refractivity contribution in [1.82, 2.24) is 5.48 Å². The van der Waals surface area contributed by atoms with Crippen molar-refractivity contribution in [2.75, 3.05) is 33.6 Å². The Morgan fingerprint density at radius 2 is 1.78 bits per heavy atom. The zero-order valence-electron chi connectivity index (χ0n) is 20.1. The quantitative estimate of drug-likeness (QED) is 0.185. The molecule has 36 heavy (non-hydrogen) atoms. The number of benzene rings is 2. The summed E-state index contributed by atoms with van der Waals surface area (Å²) in [7, 11) is 1.54. The van der Waals surface area contributed by atoms with Crippen molar-refractivity contribution in [2.24, 2.45) is 5.92 Å². The largest absolute Gasteiger partial charge is 0.497 e. The van der Waals surface area contributed by atoms with E-state index < -0.39 is 23.3 Å². The van der Waals surface area contributed by atoms with Crippen LogP contribution in [-0.2, 0) is 14.1 Å². The van der Waals surface area contributed by atoms with Crippen LogP contribution in [0, 0.1) is 17.2 Å². The molecule has 192 valence electrons. The van der Waals surface area contributed by atoms with E-state index in [1.165, 1.54) is 7.11 Å². The molecule has 2 N–H and O–H groups in total. The number of rotatable bonds is 11. The zero-order chi connectivity index (χ0) is 26.2. The van der Waals surface area contributed by atoms with Crippen LogP contribution in [0.3, 0.4) is 0 Å². The molecular weight excluding hydrogens is 503 g/mol. The van der Waals surface area contributed by atoms with Gasteiger partial charge in [0.15, 0.2) is 12.1 Å². The molecule has 9 nitrogen and oxygen atoms in total. The van der Waals surface area contributed by atoms with Crippen LogP contribution in [-0.4, -0.2) is 55.6 Å². The minimum Gasteiger partial charge on any atom is -0.497 e. The second-order valence-electron chi connectivity index (χ2n) is 8.41. The molecule has 0 bridgehead atoms. The molecule has 2 unspecified atom stereocenters. The number of nitrogens with one attached hydrogen (secondary N) is 1. The number of Topliss-reactive ketones (excluding diaryl/α,β-unsaturated/α-hetero) is 1. The summed E-state index contributed by atoms with van der Waals surface area (Å²) < 4.78 is 29.8. The van der Waals surface area contributed by atoms with Crippen molar-refractivity contribution in [1.29, 1.82) is 5.26 Å². The Balaban J connectivity index is 1.58. The van der Waals surface area contributed by atoms with Crippen molar-refractivity contribution < 1.29 is 33.6 Å². The number of methoxy groups -OCH3 is 1. The fourth-order valence-corrected chi connectivity index (χ4v) is 9.16. The Bertz CT molecular complexity index is 1140. The molecule has 2 atom stereocenters. The van der Waals surface area contributed by atoms with Gasteiger partial charge in [-0.05, 0) is 68.0 Å². The molecule has 3 rings (SSSR count). The van der Waals surface area contributed by atoms with Crippen molar-refractivity contribution >= 4 is 29.4 Å². The third-order valence-corrected chi connectivity index (χ3v) is 12.0. The van der Waals surface area contributed by atoms with E-state index >= 15 is 0 Å². The molecule has 0 radical (unpaired) electrons. The first-order chi connectivity index (χ1) is 17.3. The highest BCUT2D eigenvalue weighted by molar-refractivity contribution is 8.58. The first-order valence-corrected chi connectivity index (χ1v) is 14.9. The smallest absolute Gasteiger partial charge is 0.257 e. The number of ketones is 1. The number of hydrogen-bond acceptors (Lipinski definition) is 9. The predicted molar refractivity (Wildman–Crippen MR) is 135 cm³/mol. The number of ether oxygens (including phenoxy) is 3. The van der Waals surface area contributed by atoms with Gasteiger partial charge in [0.1, 0.15) is 22.6 Å². The third-order valence-electron chi connectivity index (χ3n) is 6.25. The summed E-state index contributed by atoms with van der Waals surface area (Å²) in [6.45, 7) is 2.32. The lowest BCUT2D eigenvalue weighted by molar-refractivity contribution is -0.134. The Labute approximate surface area is 214 Å². The fraction of sp³-hybridized carbons (Fsp3) is 0.400. The maximum Gasteiger partial charge on any atom is 0.257 e. The van der Waals surface area contributed by atoms with Gasteiger partial charge in [-0.2, -0.15) is 5.26 Å². The van der Waals surface area contributed by atoms with Crippen LogP contribution in [0.1, 0.15) is 29.6 Å². The molecule has 1 aliphatic rings. The van der Waals surface area contributed by atoms with Gasteiger partial charge in [0, 0.05) is 30.1 Å². The highest BCUT2D eigenvalue weighted by atomic mass is 32.7. The molecule has 1 saturated heterocycles. The Morgan fingerprint density at radius 3 is 2.33 bits per heavy atom. The zero-order valence-corrected chi connectivity index (χ0v) is 21.8. The Morgan fingerprint density at radius 1 is 1.17 bits per heavy atom. The number of hydrogen-bond donors (Lipinski definition) is 2. The maximum atomic E-state index is 13.7. The van der Waals surface area contributed by atoms with Gasteiger partial charge in [-0.15, -0.1) is 0 Å². The summed E-state index contributed by atoms with van der Waals surface area (Å²) in [5.74, 6) is -0.604. The van der Waals surface area contributed by atoms with Crippen molar-refractivity contribution in [3.8, 4) is 17.6 Å². The molecule has 1 fully saturated rings. The second-order valence-corrected chi connectivity index (χ2v) is 14.2. The lowest BCUT2D eigenvalue weighted by Crippen LogP contribution is -2.48. The van der Waals surface area contributed by atoms with E-state index in [9.17, 15) is 24.6 Å². The van der Waals surface area contributed by atoms with E-state index in [0.717, 1.165) is 11.4 Å². The number of carbonyl (C=O) groups is 2. The molecule has 0 aromatic heterocycles. The summed E-state index contributed by atoms with van der Waals surface area (Å²) in [5.41, 5.74) is 2.12. The van der Waals surface area contributed by atoms with Gasteiger partial charge in [0.2, 0.25) is 0 Å². The van der Waals surface area contributed by atoms with E-state index in [1.54, 1.807) is 60.7 Å². The number of hydroxylamine groups is 1. The SMILES string of the molecule is COc1ccc(C(=O)C(C#N)CCOc2ccc(SP(C)(=O)C3(C(=O)NO)CCOCC3)cc2)cc1. The summed E-state index contributed by atoms with van der Waals surface area (Å²) >= 11 is 1.12. The molecule has 1 amide bonds. The lowest BCUT2D eigenvalue weighted by atomic mass is 9.96. The fourth-order valence-electron chi connectivity index (χ4n) is 4.02. The topological polar surface area (TPSA) is 135 Å². The van der Waals surface area contributed by atoms with Crippen molar-refractivity contribution in [3.05, 3.63) is 54.1 Å². The summed E-state index contributed by atoms with van der Waals surface area (Å²) in [4.78, 5) is 25.8. The maximum absolute atomic E-state index is 13.7. The van der Waals surface area contributed by atoms with Crippen LogP contribution in [0.4, 0.5) is 0 Å². The van der Waals surface area contributed by atoms with Crippen LogP contribution in [0.15, 0.2) is 53.4 Å². The minimum atomic E-state index is -3.15. The molecule has 11 heteroatoms. The second kappa shape index (κ2) is 12.4. The standard InChI is InChI=1S/C25H29N2O7PS/c1-32-20-5-3-18(4-6-20)23(28)19(17-26)11-14-34-21-7-9-22(10-8-21)36-35(2,31)25(24(29)27-30)12-15-33-16-13-25/h3-10,19,30H,11-16H2,1-2H3,(H,27,29). The molecule has 1 heterocycles. The van der Waals surface area contributed by atoms with Crippen LogP contribution in [0.25, 0.3) is 0 Å². The number of amides is 1. The highest BCUT2D eigenvalue weighted by Crippen LogP contribution is 2.70. The molecule has 1 aliphatic heterocycles. The Hall–Kier alpha value is -2.83. The lowest BCUT2D eigenvalue weighted by Gasteiger charge is -2.39. The van der Waals surface area contributed by atoms with Crippen LogP contribution < -0.4 is 15.0 Å². The van der Waals surface area contributed by atoms with Gasteiger partial charge in [0.05, 0.1) is 19.8 Å². The first kappa shape index (κ1) is 27.8. The average molecular weight is 533 g/mol. The molecule has 0 saturated carbocycles.